The second kappa shape index (κ2) is 8.15. The first-order valence-electron chi connectivity index (χ1n) is 9.10. The SMILES string of the molecule is O=C(Cc1c(Sc2ccc(F)cc2)[nH]c2ccccc12)NC[C@@H]1CCCO1. The van der Waals surface area contributed by atoms with Gasteiger partial charge in [-0.05, 0) is 43.2 Å². The molecule has 2 N–H and O–H groups in total. The van der Waals surface area contributed by atoms with Gasteiger partial charge in [-0.15, -0.1) is 0 Å². The van der Waals surface area contributed by atoms with Crippen LogP contribution < -0.4 is 5.32 Å². The number of halogens is 1. The lowest BCUT2D eigenvalue weighted by molar-refractivity contribution is -0.120. The number of aromatic amines is 1. The van der Waals surface area contributed by atoms with Gasteiger partial charge in [0.1, 0.15) is 5.82 Å². The average Bonchev–Trinajstić information content (AvgIpc) is 3.31. The Morgan fingerprint density at radius 2 is 2.04 bits per heavy atom. The number of amides is 1. The lowest BCUT2D eigenvalue weighted by Gasteiger charge is -2.11. The predicted octanol–water partition coefficient (Wildman–Crippen LogP) is 4.30. The second-order valence-electron chi connectivity index (χ2n) is 6.65. The smallest absolute Gasteiger partial charge is 0.224 e. The summed E-state index contributed by atoms with van der Waals surface area (Å²) in [6, 6.07) is 14.3. The molecule has 4 rings (SSSR count). The van der Waals surface area contributed by atoms with Gasteiger partial charge in [-0.3, -0.25) is 4.79 Å². The molecule has 1 aliphatic rings. The topological polar surface area (TPSA) is 54.1 Å². The maximum atomic E-state index is 13.2. The molecule has 2 heterocycles. The summed E-state index contributed by atoms with van der Waals surface area (Å²) in [7, 11) is 0. The molecule has 0 spiro atoms. The lowest BCUT2D eigenvalue weighted by atomic mass is 10.1. The molecule has 0 aliphatic carbocycles. The predicted molar refractivity (Wildman–Crippen MR) is 105 cm³/mol. The molecule has 140 valence electrons. The molecule has 1 amide bonds. The van der Waals surface area contributed by atoms with Crippen LogP contribution in [0.5, 0.6) is 0 Å². The molecule has 0 bridgehead atoms. The highest BCUT2D eigenvalue weighted by Crippen LogP contribution is 2.34. The van der Waals surface area contributed by atoms with Gasteiger partial charge in [0.15, 0.2) is 0 Å². The molecule has 0 saturated carbocycles. The molecule has 0 unspecified atom stereocenters. The lowest BCUT2D eigenvalue weighted by Crippen LogP contribution is -2.32. The number of ether oxygens (including phenoxy) is 1. The third kappa shape index (κ3) is 4.34. The van der Waals surface area contributed by atoms with Crippen molar-refractivity contribution in [2.45, 2.75) is 35.3 Å². The van der Waals surface area contributed by atoms with Crippen LogP contribution >= 0.6 is 11.8 Å². The van der Waals surface area contributed by atoms with Gasteiger partial charge >= 0.3 is 0 Å². The van der Waals surface area contributed by atoms with Crippen LogP contribution in [0.1, 0.15) is 18.4 Å². The Labute approximate surface area is 161 Å². The number of benzene rings is 2. The average molecular weight is 384 g/mol. The Morgan fingerprint density at radius 3 is 2.81 bits per heavy atom. The van der Waals surface area contributed by atoms with Crippen LogP contribution in [0.2, 0.25) is 0 Å². The van der Waals surface area contributed by atoms with Crippen LogP contribution in [0.15, 0.2) is 58.5 Å². The van der Waals surface area contributed by atoms with E-state index in [4.69, 9.17) is 4.74 Å². The molecule has 2 aromatic carbocycles. The summed E-state index contributed by atoms with van der Waals surface area (Å²) < 4.78 is 18.7. The van der Waals surface area contributed by atoms with Gasteiger partial charge in [-0.25, -0.2) is 4.39 Å². The second-order valence-corrected chi connectivity index (χ2v) is 7.73. The first kappa shape index (κ1) is 18.1. The summed E-state index contributed by atoms with van der Waals surface area (Å²) in [6.07, 6.45) is 2.48. The molecule has 3 aromatic rings. The van der Waals surface area contributed by atoms with Crippen molar-refractivity contribution < 1.29 is 13.9 Å². The van der Waals surface area contributed by atoms with Crippen LogP contribution in [0.25, 0.3) is 10.9 Å². The van der Waals surface area contributed by atoms with Crippen LogP contribution in [0.4, 0.5) is 4.39 Å². The highest BCUT2D eigenvalue weighted by atomic mass is 32.2. The summed E-state index contributed by atoms with van der Waals surface area (Å²) in [5.41, 5.74) is 1.95. The zero-order valence-corrected chi connectivity index (χ0v) is 15.7. The van der Waals surface area contributed by atoms with E-state index in [-0.39, 0.29) is 17.8 Å². The largest absolute Gasteiger partial charge is 0.376 e. The third-order valence-electron chi connectivity index (χ3n) is 4.70. The summed E-state index contributed by atoms with van der Waals surface area (Å²) >= 11 is 1.51. The zero-order chi connectivity index (χ0) is 18.6. The van der Waals surface area contributed by atoms with Gasteiger partial charge in [0.25, 0.3) is 0 Å². The number of carbonyl (C=O) groups is 1. The van der Waals surface area contributed by atoms with Gasteiger partial charge in [0.2, 0.25) is 5.91 Å². The first-order chi connectivity index (χ1) is 13.2. The molecule has 1 aliphatic heterocycles. The minimum atomic E-state index is -0.260. The van der Waals surface area contributed by atoms with E-state index in [1.807, 2.05) is 24.3 Å². The van der Waals surface area contributed by atoms with Crippen LogP contribution in [-0.4, -0.2) is 30.1 Å². The standard InChI is InChI=1S/C21H21FN2O2S/c22-14-7-9-16(10-8-14)27-21-18(17-5-1-2-6-19(17)24-21)12-20(25)23-13-15-4-3-11-26-15/h1-2,5-10,15,24H,3-4,11-13H2,(H,23,25)/t15-/m0/s1. The molecule has 4 nitrogen and oxygen atoms in total. The highest BCUT2D eigenvalue weighted by Gasteiger charge is 2.19. The fourth-order valence-electron chi connectivity index (χ4n) is 3.31. The van der Waals surface area contributed by atoms with Gasteiger partial charge in [-0.2, -0.15) is 0 Å². The molecule has 1 saturated heterocycles. The number of para-hydroxylation sites is 1. The zero-order valence-electron chi connectivity index (χ0n) is 14.8. The minimum absolute atomic E-state index is 0.0174. The van der Waals surface area contributed by atoms with Crippen molar-refractivity contribution in [1.29, 1.82) is 0 Å². The molecular weight excluding hydrogens is 363 g/mol. The summed E-state index contributed by atoms with van der Waals surface area (Å²) in [5.74, 6) is -0.277. The molecule has 27 heavy (non-hydrogen) atoms. The van der Waals surface area contributed by atoms with Crippen molar-refractivity contribution in [1.82, 2.24) is 10.3 Å². The maximum Gasteiger partial charge on any atom is 0.224 e. The normalized spacial score (nSPS) is 16.7. The van der Waals surface area contributed by atoms with Gasteiger partial charge < -0.3 is 15.0 Å². The number of carbonyl (C=O) groups excluding carboxylic acids is 1. The first-order valence-corrected chi connectivity index (χ1v) is 9.92. The summed E-state index contributed by atoms with van der Waals surface area (Å²) in [5, 5.41) is 4.94. The molecule has 1 aromatic heterocycles. The summed E-state index contributed by atoms with van der Waals surface area (Å²) in [6.45, 7) is 1.34. The number of fused-ring (bicyclic) bond motifs is 1. The Balaban J connectivity index is 1.54. The van der Waals surface area contributed by atoms with E-state index in [0.29, 0.717) is 13.0 Å². The fraction of sp³-hybridized carbons (Fsp3) is 0.286. The number of H-pyrrole nitrogens is 1. The summed E-state index contributed by atoms with van der Waals surface area (Å²) in [4.78, 5) is 16.8. The quantitative estimate of drug-likeness (QED) is 0.666. The molecule has 0 radical (unpaired) electrons. The Hall–Kier alpha value is -2.31. The van der Waals surface area contributed by atoms with Crippen LogP contribution in [0, 0.1) is 5.82 Å². The van der Waals surface area contributed by atoms with Crippen molar-refractivity contribution in [2.24, 2.45) is 0 Å². The maximum absolute atomic E-state index is 13.2. The molecular formula is C21H21FN2O2S. The number of rotatable bonds is 6. The van der Waals surface area contributed by atoms with E-state index in [1.54, 1.807) is 12.1 Å². The number of nitrogens with one attached hydrogen (secondary N) is 2. The van der Waals surface area contributed by atoms with E-state index >= 15 is 0 Å². The van der Waals surface area contributed by atoms with Gasteiger partial charge in [0, 0.05) is 34.5 Å². The van der Waals surface area contributed by atoms with E-state index in [9.17, 15) is 9.18 Å². The van der Waals surface area contributed by atoms with Gasteiger partial charge in [0.05, 0.1) is 17.6 Å². The Bertz CT molecular complexity index is 933. The molecule has 6 heteroatoms. The fourth-order valence-corrected chi connectivity index (χ4v) is 4.29. The third-order valence-corrected chi connectivity index (χ3v) is 5.76. The monoisotopic (exact) mass is 384 g/mol. The van der Waals surface area contributed by atoms with E-state index < -0.39 is 0 Å². The number of aromatic nitrogens is 1. The van der Waals surface area contributed by atoms with Crippen molar-refractivity contribution in [2.75, 3.05) is 13.2 Å². The van der Waals surface area contributed by atoms with Crippen LogP contribution in [0.3, 0.4) is 0 Å². The van der Waals surface area contributed by atoms with Crippen molar-refractivity contribution in [3.63, 3.8) is 0 Å². The van der Waals surface area contributed by atoms with E-state index in [0.717, 1.165) is 45.8 Å². The molecule has 1 atom stereocenters. The van der Waals surface area contributed by atoms with Crippen molar-refractivity contribution in [3.05, 3.63) is 59.9 Å². The Kier molecular flexibility index (Phi) is 5.45. The Morgan fingerprint density at radius 1 is 1.22 bits per heavy atom. The van der Waals surface area contributed by atoms with Crippen molar-refractivity contribution in [3.8, 4) is 0 Å². The van der Waals surface area contributed by atoms with E-state index in [2.05, 4.69) is 10.3 Å². The van der Waals surface area contributed by atoms with Crippen molar-refractivity contribution >= 4 is 28.6 Å². The van der Waals surface area contributed by atoms with Gasteiger partial charge in [-0.1, -0.05) is 30.0 Å². The molecule has 1 fully saturated rings. The number of hydrogen-bond acceptors (Lipinski definition) is 3. The van der Waals surface area contributed by atoms with E-state index in [1.165, 1.54) is 23.9 Å². The minimum Gasteiger partial charge on any atom is -0.376 e. The van der Waals surface area contributed by atoms with Crippen LogP contribution in [-0.2, 0) is 16.0 Å². The number of hydrogen-bond donors (Lipinski definition) is 2. The highest BCUT2D eigenvalue weighted by molar-refractivity contribution is 7.99.